The van der Waals surface area contributed by atoms with E-state index in [1.165, 1.54) is 0 Å². The van der Waals surface area contributed by atoms with E-state index >= 15 is 0 Å². The van der Waals surface area contributed by atoms with Gasteiger partial charge in [0.2, 0.25) is 3.79 Å². The Balaban J connectivity index is 4.09. The number of amidine groups is 1. The van der Waals surface area contributed by atoms with E-state index in [0.29, 0.717) is 0 Å². The minimum absolute atomic E-state index is 0.0875. The molecule has 0 aliphatic heterocycles. The predicted octanol–water partition coefficient (Wildman–Crippen LogP) is 1.35. The van der Waals surface area contributed by atoms with Gasteiger partial charge in [-0.25, -0.2) is 0 Å². The molecule has 0 aromatic rings. The Bertz CT molecular complexity index is 174. The van der Waals surface area contributed by atoms with Crippen molar-refractivity contribution in [2.45, 2.75) is 3.79 Å². The van der Waals surface area contributed by atoms with E-state index in [1.54, 1.807) is 0 Å². The molecule has 0 aromatic carbocycles. The molecule has 0 spiro atoms. The molecule has 10 heavy (non-hydrogen) atoms. The number of hydrogen-bond donors (Lipinski definition) is 1. The number of rotatable bonds is 1. The summed E-state index contributed by atoms with van der Waals surface area (Å²) < 4.78 is -1.64. The second kappa shape index (κ2) is 3.92. The first-order chi connectivity index (χ1) is 4.48. The smallest absolute Gasteiger partial charge is 0.247 e. The van der Waals surface area contributed by atoms with Crippen LogP contribution in [0.3, 0.4) is 0 Å². The zero-order chi connectivity index (χ0) is 8.20. The molecule has 0 saturated carbocycles. The SMILES string of the molecule is C#CCN=C(N)C(Cl)(Cl)Cl. The lowest BCUT2D eigenvalue weighted by Crippen LogP contribution is -2.28. The molecule has 0 saturated heterocycles. The average Bonchev–Trinajstić information content (AvgIpc) is 1.80. The Hall–Kier alpha value is -0.100. The number of nitrogens with zero attached hydrogens (tertiary/aromatic N) is 1. The lowest BCUT2D eigenvalue weighted by Gasteiger charge is -2.07. The van der Waals surface area contributed by atoms with Gasteiger partial charge in [-0.1, -0.05) is 40.7 Å². The van der Waals surface area contributed by atoms with Crippen LogP contribution < -0.4 is 5.73 Å². The van der Waals surface area contributed by atoms with E-state index in [4.69, 9.17) is 47.0 Å². The summed E-state index contributed by atoms with van der Waals surface area (Å²) >= 11 is 16.0. The van der Waals surface area contributed by atoms with Crippen molar-refractivity contribution in [3.63, 3.8) is 0 Å². The van der Waals surface area contributed by atoms with Gasteiger partial charge in [-0.3, -0.25) is 4.99 Å². The normalized spacial score (nSPS) is 12.8. The van der Waals surface area contributed by atoms with Gasteiger partial charge in [0.25, 0.3) is 0 Å². The third-order valence-corrected chi connectivity index (χ3v) is 1.21. The van der Waals surface area contributed by atoms with Crippen LogP contribution in [-0.4, -0.2) is 16.2 Å². The van der Waals surface area contributed by atoms with Crippen molar-refractivity contribution in [2.75, 3.05) is 6.54 Å². The van der Waals surface area contributed by atoms with Gasteiger partial charge in [-0.2, -0.15) is 0 Å². The van der Waals surface area contributed by atoms with E-state index in [9.17, 15) is 0 Å². The molecular formula is C5H5Cl3N2. The summed E-state index contributed by atoms with van der Waals surface area (Å²) in [4.78, 5) is 3.58. The number of terminal acetylenes is 1. The quantitative estimate of drug-likeness (QED) is 0.294. The molecule has 0 atom stereocenters. The minimum Gasteiger partial charge on any atom is -0.384 e. The highest BCUT2D eigenvalue weighted by Gasteiger charge is 2.24. The zero-order valence-electron chi connectivity index (χ0n) is 4.94. The Morgan fingerprint density at radius 3 is 2.40 bits per heavy atom. The molecule has 0 amide bonds. The van der Waals surface area contributed by atoms with Gasteiger partial charge in [-0.15, -0.1) is 6.42 Å². The Kier molecular flexibility index (Phi) is 3.88. The molecule has 0 unspecified atom stereocenters. The summed E-state index contributed by atoms with van der Waals surface area (Å²) in [5, 5.41) is 0. The molecule has 0 bridgehead atoms. The summed E-state index contributed by atoms with van der Waals surface area (Å²) in [6.45, 7) is 0.125. The van der Waals surface area contributed by atoms with Crippen LogP contribution in [0.15, 0.2) is 4.99 Å². The first kappa shape index (κ1) is 9.90. The van der Waals surface area contributed by atoms with Gasteiger partial charge >= 0.3 is 0 Å². The van der Waals surface area contributed by atoms with E-state index in [0.717, 1.165) is 0 Å². The van der Waals surface area contributed by atoms with Gasteiger partial charge < -0.3 is 5.73 Å². The van der Waals surface area contributed by atoms with Gasteiger partial charge in [0.15, 0.2) is 0 Å². The Morgan fingerprint density at radius 1 is 1.60 bits per heavy atom. The molecule has 0 fully saturated rings. The summed E-state index contributed by atoms with van der Waals surface area (Å²) in [6.07, 6.45) is 4.88. The molecule has 56 valence electrons. The zero-order valence-corrected chi connectivity index (χ0v) is 7.21. The van der Waals surface area contributed by atoms with Crippen LogP contribution in [0, 0.1) is 12.3 Å². The molecule has 0 radical (unpaired) electrons. The highest BCUT2D eigenvalue weighted by molar-refractivity contribution is 6.76. The van der Waals surface area contributed by atoms with Crippen LogP contribution in [-0.2, 0) is 0 Å². The maximum atomic E-state index is 5.33. The maximum Gasteiger partial charge on any atom is 0.247 e. The lowest BCUT2D eigenvalue weighted by molar-refractivity contribution is 1.23. The third kappa shape index (κ3) is 3.84. The molecule has 0 rings (SSSR count). The summed E-state index contributed by atoms with van der Waals surface area (Å²) in [5.74, 6) is 2.14. The first-order valence-corrected chi connectivity index (χ1v) is 3.42. The predicted molar refractivity (Wildman–Crippen MR) is 45.6 cm³/mol. The van der Waals surface area contributed by atoms with Crippen molar-refractivity contribution in [1.82, 2.24) is 0 Å². The topological polar surface area (TPSA) is 38.4 Å². The van der Waals surface area contributed by atoms with Crippen LogP contribution in [0.25, 0.3) is 0 Å². The van der Waals surface area contributed by atoms with Crippen LogP contribution in [0.5, 0.6) is 0 Å². The van der Waals surface area contributed by atoms with E-state index in [1.807, 2.05) is 0 Å². The second-order valence-electron chi connectivity index (χ2n) is 1.40. The van der Waals surface area contributed by atoms with Crippen molar-refractivity contribution in [1.29, 1.82) is 0 Å². The van der Waals surface area contributed by atoms with Crippen LogP contribution in [0.4, 0.5) is 0 Å². The van der Waals surface area contributed by atoms with Crippen molar-refractivity contribution in [2.24, 2.45) is 10.7 Å². The van der Waals surface area contributed by atoms with Gasteiger partial charge in [0.1, 0.15) is 12.4 Å². The van der Waals surface area contributed by atoms with Crippen molar-refractivity contribution in [3.05, 3.63) is 0 Å². The molecule has 0 aliphatic carbocycles. The Morgan fingerprint density at radius 2 is 2.10 bits per heavy atom. The van der Waals surface area contributed by atoms with E-state index in [2.05, 4.69) is 10.9 Å². The number of aliphatic imine (C=N–C) groups is 1. The first-order valence-electron chi connectivity index (χ1n) is 2.29. The molecular weight excluding hydrogens is 194 g/mol. The fourth-order valence-corrected chi connectivity index (χ4v) is 0.400. The number of hydrogen-bond acceptors (Lipinski definition) is 1. The monoisotopic (exact) mass is 198 g/mol. The largest absolute Gasteiger partial charge is 0.384 e. The molecule has 5 heteroatoms. The number of nitrogens with two attached hydrogens (primary N) is 1. The molecule has 0 heterocycles. The van der Waals surface area contributed by atoms with Gasteiger partial charge in [0, 0.05) is 0 Å². The summed E-state index contributed by atoms with van der Waals surface area (Å²) in [5.41, 5.74) is 5.20. The van der Waals surface area contributed by atoms with Gasteiger partial charge in [0.05, 0.1) is 0 Å². The fraction of sp³-hybridized carbons (Fsp3) is 0.400. The van der Waals surface area contributed by atoms with Crippen molar-refractivity contribution in [3.8, 4) is 12.3 Å². The maximum absolute atomic E-state index is 5.33. The number of alkyl halides is 3. The van der Waals surface area contributed by atoms with Crippen LogP contribution in [0.1, 0.15) is 0 Å². The second-order valence-corrected chi connectivity index (χ2v) is 3.68. The minimum atomic E-state index is -1.64. The highest BCUT2D eigenvalue weighted by Crippen LogP contribution is 2.25. The van der Waals surface area contributed by atoms with Crippen LogP contribution >= 0.6 is 34.8 Å². The van der Waals surface area contributed by atoms with Crippen LogP contribution in [0.2, 0.25) is 0 Å². The molecule has 2 N–H and O–H groups in total. The lowest BCUT2D eigenvalue weighted by atomic mass is 10.6. The Labute approximate surface area is 74.3 Å². The third-order valence-electron chi connectivity index (χ3n) is 0.631. The standard InChI is InChI=1S/C5H5Cl3N2/c1-2-3-10-4(9)5(6,7)8/h1H,3H2,(H2,9,10). The molecule has 2 nitrogen and oxygen atoms in total. The van der Waals surface area contributed by atoms with E-state index < -0.39 is 3.79 Å². The van der Waals surface area contributed by atoms with Crippen molar-refractivity contribution >= 4 is 40.6 Å². The number of halogens is 3. The average molecular weight is 199 g/mol. The molecule has 0 aliphatic rings. The summed E-state index contributed by atoms with van der Waals surface area (Å²) in [6, 6.07) is 0. The molecule has 0 aromatic heterocycles. The highest BCUT2D eigenvalue weighted by atomic mass is 35.6. The van der Waals surface area contributed by atoms with Gasteiger partial charge in [-0.05, 0) is 0 Å². The summed E-state index contributed by atoms with van der Waals surface area (Å²) in [7, 11) is 0. The fourth-order valence-electron chi connectivity index (χ4n) is 0.220. The van der Waals surface area contributed by atoms with E-state index in [-0.39, 0.29) is 12.4 Å². The van der Waals surface area contributed by atoms with Crippen molar-refractivity contribution < 1.29 is 0 Å².